The molecule has 0 bridgehead atoms. The van der Waals surface area contributed by atoms with Crippen molar-refractivity contribution < 1.29 is 9.53 Å². The molecule has 4 nitrogen and oxygen atoms in total. The summed E-state index contributed by atoms with van der Waals surface area (Å²) in [6.07, 6.45) is 6.62. The van der Waals surface area contributed by atoms with E-state index in [1.165, 1.54) is 25.7 Å². The van der Waals surface area contributed by atoms with E-state index in [0.717, 1.165) is 38.4 Å². The minimum atomic E-state index is 0.341. The Kier molecular flexibility index (Phi) is 5.45. The molecule has 2 rings (SSSR count). The number of amides is 1. The number of ether oxygens (including phenoxy) is 1. The molecule has 0 unspecified atom stereocenters. The van der Waals surface area contributed by atoms with Crippen LogP contribution in [0.1, 0.15) is 38.5 Å². The van der Waals surface area contributed by atoms with E-state index in [2.05, 4.69) is 5.32 Å². The molecule has 1 heterocycles. The molecule has 0 radical (unpaired) electrons. The van der Waals surface area contributed by atoms with Gasteiger partial charge in [-0.2, -0.15) is 0 Å². The van der Waals surface area contributed by atoms with Gasteiger partial charge in [-0.15, -0.1) is 0 Å². The first-order valence-corrected chi connectivity index (χ1v) is 7.30. The summed E-state index contributed by atoms with van der Waals surface area (Å²) in [5.74, 6) is 1.09. The number of hydrogen-bond acceptors (Lipinski definition) is 3. The van der Waals surface area contributed by atoms with E-state index >= 15 is 0 Å². The van der Waals surface area contributed by atoms with Crippen LogP contribution in [0.4, 0.5) is 0 Å². The van der Waals surface area contributed by atoms with Crippen LogP contribution in [0.25, 0.3) is 0 Å². The van der Waals surface area contributed by atoms with Gasteiger partial charge in [0.1, 0.15) is 0 Å². The van der Waals surface area contributed by atoms with E-state index in [0.29, 0.717) is 18.6 Å². The maximum Gasteiger partial charge on any atom is 0.222 e. The van der Waals surface area contributed by atoms with Gasteiger partial charge in [-0.25, -0.2) is 0 Å². The second kappa shape index (κ2) is 7.10. The fourth-order valence-corrected chi connectivity index (χ4v) is 2.73. The third-order valence-electron chi connectivity index (χ3n) is 4.07. The minimum Gasteiger partial charge on any atom is -0.383 e. The standard InChI is InChI=1S/C14H26N2O2/c1-18-11-10-16(13-3-4-13)14(17)5-2-12-6-8-15-9-7-12/h12-13,15H,2-11H2,1H3. The van der Waals surface area contributed by atoms with Crippen LogP contribution in [0, 0.1) is 5.92 Å². The second-order valence-electron chi connectivity index (χ2n) is 5.54. The molecular weight excluding hydrogens is 228 g/mol. The summed E-state index contributed by atoms with van der Waals surface area (Å²) in [7, 11) is 1.70. The molecule has 0 aromatic heterocycles. The molecule has 1 saturated heterocycles. The highest BCUT2D eigenvalue weighted by Crippen LogP contribution is 2.28. The van der Waals surface area contributed by atoms with Crippen molar-refractivity contribution in [1.29, 1.82) is 0 Å². The van der Waals surface area contributed by atoms with Gasteiger partial charge in [-0.1, -0.05) is 0 Å². The molecule has 104 valence electrons. The lowest BCUT2D eigenvalue weighted by molar-refractivity contribution is -0.132. The number of rotatable bonds is 7. The predicted octanol–water partition coefficient (Wildman–Crippen LogP) is 1.40. The predicted molar refractivity (Wildman–Crippen MR) is 71.4 cm³/mol. The Morgan fingerprint density at radius 2 is 2.00 bits per heavy atom. The van der Waals surface area contributed by atoms with Crippen molar-refractivity contribution >= 4 is 5.91 Å². The van der Waals surface area contributed by atoms with Crippen LogP contribution in [-0.4, -0.2) is 50.2 Å². The van der Waals surface area contributed by atoms with E-state index in [1.54, 1.807) is 7.11 Å². The fraction of sp³-hybridized carbons (Fsp3) is 0.929. The van der Waals surface area contributed by atoms with E-state index in [-0.39, 0.29) is 0 Å². The summed E-state index contributed by atoms with van der Waals surface area (Å²) in [5.41, 5.74) is 0. The van der Waals surface area contributed by atoms with Crippen LogP contribution in [-0.2, 0) is 9.53 Å². The van der Waals surface area contributed by atoms with Crippen molar-refractivity contribution in [1.82, 2.24) is 10.2 Å². The first kappa shape index (κ1) is 13.8. The van der Waals surface area contributed by atoms with E-state index < -0.39 is 0 Å². The Labute approximate surface area is 110 Å². The number of carbonyl (C=O) groups excluding carboxylic acids is 1. The molecule has 0 aromatic carbocycles. The van der Waals surface area contributed by atoms with Crippen LogP contribution in [0.2, 0.25) is 0 Å². The largest absolute Gasteiger partial charge is 0.383 e. The van der Waals surface area contributed by atoms with E-state index in [4.69, 9.17) is 4.74 Å². The van der Waals surface area contributed by atoms with Gasteiger partial charge in [-0.3, -0.25) is 4.79 Å². The maximum absolute atomic E-state index is 12.2. The number of piperidine rings is 1. The van der Waals surface area contributed by atoms with Crippen LogP contribution < -0.4 is 5.32 Å². The molecular formula is C14H26N2O2. The van der Waals surface area contributed by atoms with Gasteiger partial charge in [0.05, 0.1) is 6.61 Å². The summed E-state index contributed by atoms with van der Waals surface area (Å²) in [6.45, 7) is 3.67. The number of nitrogens with zero attached hydrogens (tertiary/aromatic N) is 1. The molecule has 1 saturated carbocycles. The lowest BCUT2D eigenvalue weighted by atomic mass is 9.93. The van der Waals surface area contributed by atoms with Gasteiger partial charge in [0.2, 0.25) is 5.91 Å². The van der Waals surface area contributed by atoms with E-state index in [9.17, 15) is 4.79 Å². The Hall–Kier alpha value is -0.610. The van der Waals surface area contributed by atoms with Gasteiger partial charge in [0.25, 0.3) is 0 Å². The third-order valence-corrected chi connectivity index (χ3v) is 4.07. The molecule has 18 heavy (non-hydrogen) atoms. The van der Waals surface area contributed by atoms with Gasteiger partial charge in [0, 0.05) is 26.1 Å². The molecule has 1 aliphatic heterocycles. The molecule has 1 amide bonds. The van der Waals surface area contributed by atoms with Crippen LogP contribution in [0.3, 0.4) is 0 Å². The third kappa shape index (κ3) is 4.25. The Balaban J connectivity index is 1.70. The van der Waals surface area contributed by atoms with Crippen molar-refractivity contribution in [3.8, 4) is 0 Å². The second-order valence-corrected chi connectivity index (χ2v) is 5.54. The zero-order valence-electron chi connectivity index (χ0n) is 11.5. The molecule has 2 aliphatic rings. The van der Waals surface area contributed by atoms with Crippen molar-refractivity contribution in [3.63, 3.8) is 0 Å². The van der Waals surface area contributed by atoms with Crippen LogP contribution in [0.15, 0.2) is 0 Å². The first-order valence-electron chi connectivity index (χ1n) is 7.30. The maximum atomic E-state index is 12.2. The normalized spacial score (nSPS) is 20.9. The van der Waals surface area contributed by atoms with Crippen molar-refractivity contribution in [2.75, 3.05) is 33.4 Å². The van der Waals surface area contributed by atoms with E-state index in [1.807, 2.05) is 4.90 Å². The molecule has 0 atom stereocenters. The highest BCUT2D eigenvalue weighted by Gasteiger charge is 2.32. The number of carbonyl (C=O) groups is 1. The Morgan fingerprint density at radius 1 is 1.28 bits per heavy atom. The van der Waals surface area contributed by atoms with Gasteiger partial charge < -0.3 is 15.0 Å². The topological polar surface area (TPSA) is 41.6 Å². The van der Waals surface area contributed by atoms with Crippen molar-refractivity contribution in [3.05, 3.63) is 0 Å². The van der Waals surface area contributed by atoms with Gasteiger partial charge in [0.15, 0.2) is 0 Å². The fourth-order valence-electron chi connectivity index (χ4n) is 2.73. The summed E-state index contributed by atoms with van der Waals surface area (Å²) in [4.78, 5) is 14.3. The van der Waals surface area contributed by atoms with Crippen LogP contribution in [0.5, 0.6) is 0 Å². The quantitative estimate of drug-likeness (QED) is 0.747. The number of nitrogens with one attached hydrogen (secondary N) is 1. The van der Waals surface area contributed by atoms with Gasteiger partial charge >= 0.3 is 0 Å². The Bertz CT molecular complexity index is 261. The summed E-state index contributed by atoms with van der Waals surface area (Å²) < 4.78 is 5.09. The molecule has 1 aliphatic carbocycles. The highest BCUT2D eigenvalue weighted by molar-refractivity contribution is 5.76. The van der Waals surface area contributed by atoms with Crippen molar-refractivity contribution in [2.24, 2.45) is 5.92 Å². The number of methoxy groups -OCH3 is 1. The van der Waals surface area contributed by atoms with Gasteiger partial charge in [-0.05, 0) is 51.1 Å². The average molecular weight is 254 g/mol. The average Bonchev–Trinajstić information content (AvgIpc) is 3.22. The SMILES string of the molecule is COCCN(C(=O)CCC1CCNCC1)C1CC1. The smallest absolute Gasteiger partial charge is 0.222 e. The zero-order chi connectivity index (χ0) is 12.8. The lowest BCUT2D eigenvalue weighted by Crippen LogP contribution is -2.36. The molecule has 0 aromatic rings. The molecule has 1 N–H and O–H groups in total. The molecule has 0 spiro atoms. The number of hydrogen-bond donors (Lipinski definition) is 1. The van der Waals surface area contributed by atoms with Crippen LogP contribution >= 0.6 is 0 Å². The first-order chi connectivity index (χ1) is 8.81. The summed E-state index contributed by atoms with van der Waals surface area (Å²) in [5, 5.41) is 3.37. The minimum absolute atomic E-state index is 0.341. The lowest BCUT2D eigenvalue weighted by Gasteiger charge is -2.25. The monoisotopic (exact) mass is 254 g/mol. The summed E-state index contributed by atoms with van der Waals surface area (Å²) in [6, 6.07) is 0.515. The summed E-state index contributed by atoms with van der Waals surface area (Å²) >= 11 is 0. The van der Waals surface area contributed by atoms with Crippen molar-refractivity contribution in [2.45, 2.75) is 44.6 Å². The zero-order valence-corrected chi connectivity index (χ0v) is 11.5. The Morgan fingerprint density at radius 3 is 2.61 bits per heavy atom. The molecule has 4 heteroatoms. The highest BCUT2D eigenvalue weighted by atomic mass is 16.5. The molecule has 2 fully saturated rings.